The third kappa shape index (κ3) is 14.2. The lowest BCUT2D eigenvalue weighted by atomic mass is 9.84. The predicted octanol–water partition coefficient (Wildman–Crippen LogP) is 9.27. The molecule has 8 heteroatoms. The number of esters is 2. The molecule has 8 nitrogen and oxygen atoms in total. The summed E-state index contributed by atoms with van der Waals surface area (Å²) in [5, 5.41) is 0. The van der Waals surface area contributed by atoms with Crippen LogP contribution in [0.4, 0.5) is 0 Å². The monoisotopic (exact) mass is 686 g/mol. The van der Waals surface area contributed by atoms with E-state index in [1.807, 2.05) is 24.3 Å². The normalized spacial score (nSPS) is 11.1. The van der Waals surface area contributed by atoms with Gasteiger partial charge in [-0.05, 0) is 117 Å². The molecule has 0 N–H and O–H groups in total. The fraction of sp³-hybridized carbons (Fsp3) is 0.452. The van der Waals surface area contributed by atoms with Crippen molar-refractivity contribution in [1.29, 1.82) is 0 Å². The van der Waals surface area contributed by atoms with E-state index >= 15 is 0 Å². The summed E-state index contributed by atoms with van der Waals surface area (Å²) in [5.41, 5.74) is 2.81. The maximum absolute atomic E-state index is 13.2. The Morgan fingerprint density at radius 1 is 0.660 bits per heavy atom. The minimum atomic E-state index is -0.451. The molecule has 0 amide bonds. The summed E-state index contributed by atoms with van der Waals surface area (Å²) < 4.78 is 27.7. The Labute approximate surface area is 298 Å². The van der Waals surface area contributed by atoms with Gasteiger partial charge in [0.25, 0.3) is 0 Å². The molecule has 0 aliphatic rings. The molecule has 0 radical (unpaired) electrons. The number of carbonyl (C=O) groups is 3. The Bertz CT molecular complexity index is 1520. The maximum Gasteiger partial charge on any atom is 0.343 e. The van der Waals surface area contributed by atoms with Crippen molar-refractivity contribution in [1.82, 2.24) is 0 Å². The van der Waals surface area contributed by atoms with Crippen LogP contribution in [0.5, 0.6) is 17.2 Å². The van der Waals surface area contributed by atoms with Gasteiger partial charge in [-0.25, -0.2) is 9.59 Å². The zero-order chi connectivity index (χ0) is 36.4. The summed E-state index contributed by atoms with van der Waals surface area (Å²) >= 11 is 0. The first-order chi connectivity index (χ1) is 24.0. The van der Waals surface area contributed by atoms with Gasteiger partial charge in [0.05, 0.1) is 25.4 Å². The van der Waals surface area contributed by atoms with Gasteiger partial charge in [0.15, 0.2) is 5.78 Å². The molecule has 3 aromatic carbocycles. The Morgan fingerprint density at radius 2 is 1.18 bits per heavy atom. The molecule has 0 fully saturated rings. The summed E-state index contributed by atoms with van der Waals surface area (Å²) in [6.07, 6.45) is 8.04. The fourth-order valence-electron chi connectivity index (χ4n) is 5.16. The van der Waals surface area contributed by atoms with Gasteiger partial charge < -0.3 is 23.7 Å². The number of ketones is 1. The van der Waals surface area contributed by atoms with E-state index in [1.54, 1.807) is 56.5 Å². The standard InChI is InChI=1S/C42H54O8/c1-31(2)40(44)49-28-14-10-9-13-27-47-35-20-16-33(17-21-35)38(43)30-32-15-24-39(37(29-32)42(3,4)5)50-41(45)34-18-22-36(23-19-34)48-26-12-8-7-11-25-46-6/h15-24,29H,1,7-14,25-28,30H2,2-6H3. The highest BCUT2D eigenvalue weighted by atomic mass is 16.5. The van der Waals surface area contributed by atoms with E-state index in [9.17, 15) is 14.4 Å². The molecule has 0 bridgehead atoms. The smallest absolute Gasteiger partial charge is 0.343 e. The van der Waals surface area contributed by atoms with Gasteiger partial charge in [-0.1, -0.05) is 45.9 Å². The van der Waals surface area contributed by atoms with E-state index in [0.29, 0.717) is 53.8 Å². The Balaban J connectivity index is 1.48. The Hall–Kier alpha value is -4.43. The van der Waals surface area contributed by atoms with Crippen LogP contribution in [0.1, 0.15) is 111 Å². The van der Waals surface area contributed by atoms with Crippen molar-refractivity contribution in [3.05, 3.63) is 101 Å². The van der Waals surface area contributed by atoms with Gasteiger partial charge in [0, 0.05) is 36.8 Å². The number of rotatable bonds is 22. The van der Waals surface area contributed by atoms with Crippen molar-refractivity contribution in [2.45, 2.75) is 90.9 Å². The van der Waals surface area contributed by atoms with Crippen LogP contribution in [0.3, 0.4) is 0 Å². The van der Waals surface area contributed by atoms with Crippen LogP contribution in [-0.4, -0.2) is 51.3 Å². The van der Waals surface area contributed by atoms with Gasteiger partial charge in [0.1, 0.15) is 17.2 Å². The molecule has 270 valence electrons. The van der Waals surface area contributed by atoms with Crippen LogP contribution in [0.2, 0.25) is 0 Å². The Morgan fingerprint density at radius 3 is 1.70 bits per heavy atom. The molecular weight excluding hydrogens is 632 g/mol. The van der Waals surface area contributed by atoms with Crippen LogP contribution in [0, 0.1) is 0 Å². The van der Waals surface area contributed by atoms with Crippen molar-refractivity contribution in [3.63, 3.8) is 0 Å². The Kier molecular flexibility index (Phi) is 16.8. The quantitative estimate of drug-likeness (QED) is 0.0339. The van der Waals surface area contributed by atoms with Crippen LogP contribution in [-0.2, 0) is 26.1 Å². The van der Waals surface area contributed by atoms with E-state index in [2.05, 4.69) is 27.4 Å². The average molecular weight is 687 g/mol. The summed E-state index contributed by atoms with van der Waals surface area (Å²) in [5.74, 6) is 1.09. The zero-order valence-corrected chi connectivity index (χ0v) is 30.5. The molecule has 0 saturated heterocycles. The average Bonchev–Trinajstić information content (AvgIpc) is 3.09. The van der Waals surface area contributed by atoms with E-state index in [-0.39, 0.29) is 23.6 Å². The molecular formula is C42H54O8. The molecule has 0 saturated carbocycles. The first kappa shape index (κ1) is 40.0. The van der Waals surface area contributed by atoms with Crippen molar-refractivity contribution >= 4 is 17.7 Å². The highest BCUT2D eigenvalue weighted by Crippen LogP contribution is 2.33. The highest BCUT2D eigenvalue weighted by molar-refractivity contribution is 5.97. The molecule has 0 aliphatic carbocycles. The lowest BCUT2D eigenvalue weighted by Gasteiger charge is -2.23. The first-order valence-electron chi connectivity index (χ1n) is 17.6. The molecule has 0 aromatic heterocycles. The summed E-state index contributed by atoms with van der Waals surface area (Å²) in [6.45, 7) is 13.8. The van der Waals surface area contributed by atoms with Crippen LogP contribution >= 0.6 is 0 Å². The van der Waals surface area contributed by atoms with Crippen molar-refractivity contribution in [3.8, 4) is 17.2 Å². The third-order valence-electron chi connectivity index (χ3n) is 8.09. The van der Waals surface area contributed by atoms with Gasteiger partial charge in [-0.2, -0.15) is 0 Å². The number of unbranched alkanes of at least 4 members (excludes halogenated alkanes) is 6. The minimum absolute atomic E-state index is 0.0121. The third-order valence-corrected chi connectivity index (χ3v) is 8.09. The number of methoxy groups -OCH3 is 1. The number of ether oxygens (including phenoxy) is 5. The molecule has 0 aliphatic heterocycles. The molecule has 0 atom stereocenters. The SMILES string of the molecule is C=C(C)C(=O)OCCCCCCOc1ccc(C(=O)Cc2ccc(OC(=O)c3ccc(OCCCCCCOC)cc3)c(C(C)(C)C)c2)cc1. The second kappa shape index (κ2) is 20.9. The number of benzene rings is 3. The zero-order valence-electron chi connectivity index (χ0n) is 30.5. The predicted molar refractivity (Wildman–Crippen MR) is 197 cm³/mol. The van der Waals surface area contributed by atoms with Crippen LogP contribution in [0.25, 0.3) is 0 Å². The number of hydrogen-bond acceptors (Lipinski definition) is 8. The first-order valence-corrected chi connectivity index (χ1v) is 17.6. The minimum Gasteiger partial charge on any atom is -0.494 e. The lowest BCUT2D eigenvalue weighted by molar-refractivity contribution is -0.139. The van der Waals surface area contributed by atoms with Gasteiger partial charge in [-0.3, -0.25) is 4.79 Å². The number of hydrogen-bond donors (Lipinski definition) is 0. The molecule has 50 heavy (non-hydrogen) atoms. The maximum atomic E-state index is 13.2. The van der Waals surface area contributed by atoms with Crippen molar-refractivity contribution < 1.29 is 38.1 Å². The van der Waals surface area contributed by atoms with Gasteiger partial charge >= 0.3 is 11.9 Å². The molecule has 0 unspecified atom stereocenters. The van der Waals surface area contributed by atoms with E-state index in [0.717, 1.165) is 69.1 Å². The number of carbonyl (C=O) groups excluding carboxylic acids is 3. The largest absolute Gasteiger partial charge is 0.494 e. The summed E-state index contributed by atoms with van der Waals surface area (Å²) in [4.78, 5) is 37.7. The molecule has 3 aromatic rings. The second-order valence-electron chi connectivity index (χ2n) is 13.6. The van der Waals surface area contributed by atoms with Crippen molar-refractivity contribution in [2.75, 3.05) is 33.5 Å². The van der Waals surface area contributed by atoms with Crippen LogP contribution in [0.15, 0.2) is 78.9 Å². The van der Waals surface area contributed by atoms with E-state index in [4.69, 9.17) is 23.7 Å². The summed E-state index contributed by atoms with van der Waals surface area (Å²) in [7, 11) is 1.72. The van der Waals surface area contributed by atoms with Crippen LogP contribution < -0.4 is 14.2 Å². The fourth-order valence-corrected chi connectivity index (χ4v) is 5.16. The van der Waals surface area contributed by atoms with E-state index < -0.39 is 5.97 Å². The van der Waals surface area contributed by atoms with Gasteiger partial charge in [-0.15, -0.1) is 0 Å². The van der Waals surface area contributed by atoms with E-state index in [1.165, 1.54) is 0 Å². The van der Waals surface area contributed by atoms with Crippen molar-refractivity contribution in [2.24, 2.45) is 0 Å². The highest BCUT2D eigenvalue weighted by Gasteiger charge is 2.22. The second-order valence-corrected chi connectivity index (χ2v) is 13.6. The lowest BCUT2D eigenvalue weighted by Crippen LogP contribution is -2.17. The number of Topliss-reactive ketones (excluding diaryl/α,β-unsaturated/α-hetero) is 1. The van der Waals surface area contributed by atoms with Gasteiger partial charge in [0.2, 0.25) is 0 Å². The summed E-state index contributed by atoms with van der Waals surface area (Å²) in [6, 6.07) is 19.8. The topological polar surface area (TPSA) is 97.4 Å². The molecule has 0 heterocycles. The molecule has 0 spiro atoms. The molecule has 3 rings (SSSR count).